The summed E-state index contributed by atoms with van der Waals surface area (Å²) in [5.74, 6) is 0.552. The van der Waals surface area contributed by atoms with Gasteiger partial charge in [-0.15, -0.1) is 0 Å². The van der Waals surface area contributed by atoms with E-state index < -0.39 is 11.7 Å². The van der Waals surface area contributed by atoms with E-state index >= 15 is 0 Å². The van der Waals surface area contributed by atoms with Crippen molar-refractivity contribution in [3.63, 3.8) is 0 Å². The Balaban J connectivity index is 1.30. The fourth-order valence-electron chi connectivity index (χ4n) is 3.93. The third-order valence-electron chi connectivity index (χ3n) is 5.53. The van der Waals surface area contributed by atoms with Crippen molar-refractivity contribution >= 4 is 5.91 Å². The topological polar surface area (TPSA) is 71.3 Å². The van der Waals surface area contributed by atoms with Crippen molar-refractivity contribution in [1.29, 1.82) is 0 Å². The van der Waals surface area contributed by atoms with E-state index in [2.05, 4.69) is 15.5 Å². The molecule has 1 aromatic heterocycles. The van der Waals surface area contributed by atoms with E-state index in [1.807, 2.05) is 4.90 Å². The van der Waals surface area contributed by atoms with Crippen LogP contribution in [0.2, 0.25) is 0 Å². The average molecular weight is 408 g/mol. The second-order valence-electron chi connectivity index (χ2n) is 7.83. The van der Waals surface area contributed by atoms with Crippen LogP contribution in [0.25, 0.3) is 11.4 Å². The van der Waals surface area contributed by atoms with Crippen molar-refractivity contribution < 1.29 is 22.5 Å². The number of aromatic nitrogens is 2. The highest BCUT2D eigenvalue weighted by atomic mass is 19.4. The molecule has 9 heteroatoms. The Bertz CT molecular complexity index is 855. The van der Waals surface area contributed by atoms with Crippen LogP contribution >= 0.6 is 0 Å². The number of hydrogen-bond donors (Lipinski definition) is 1. The normalized spacial score (nSPS) is 19.1. The minimum atomic E-state index is -4.42. The molecule has 1 saturated carbocycles. The quantitative estimate of drug-likeness (QED) is 0.819. The van der Waals surface area contributed by atoms with Gasteiger partial charge in [0.15, 0.2) is 0 Å². The predicted molar refractivity (Wildman–Crippen MR) is 98.9 cm³/mol. The van der Waals surface area contributed by atoms with E-state index in [9.17, 15) is 18.0 Å². The van der Waals surface area contributed by atoms with E-state index in [1.54, 1.807) is 0 Å². The Morgan fingerprint density at radius 1 is 1.21 bits per heavy atom. The molecule has 156 valence electrons. The summed E-state index contributed by atoms with van der Waals surface area (Å²) >= 11 is 0. The Morgan fingerprint density at radius 2 is 1.97 bits per heavy atom. The molecule has 0 bridgehead atoms. The van der Waals surface area contributed by atoms with Crippen molar-refractivity contribution in [3.8, 4) is 11.4 Å². The van der Waals surface area contributed by atoms with Gasteiger partial charge in [-0.2, -0.15) is 18.2 Å². The number of halogens is 3. The van der Waals surface area contributed by atoms with Crippen LogP contribution in [0.4, 0.5) is 13.2 Å². The summed E-state index contributed by atoms with van der Waals surface area (Å²) < 4.78 is 43.9. The Hall–Kier alpha value is -2.42. The van der Waals surface area contributed by atoms with Gasteiger partial charge in [0.2, 0.25) is 17.6 Å². The number of alkyl halides is 3. The summed E-state index contributed by atoms with van der Waals surface area (Å²) in [5, 5.41) is 6.92. The maximum atomic E-state index is 12.9. The molecular formula is C20H23F3N4O2. The molecule has 1 saturated heterocycles. The number of carbonyl (C=O) groups is 1. The van der Waals surface area contributed by atoms with E-state index in [0.717, 1.165) is 25.0 Å². The summed E-state index contributed by atoms with van der Waals surface area (Å²) in [5.41, 5.74) is -0.488. The van der Waals surface area contributed by atoms with Gasteiger partial charge in [0.1, 0.15) is 0 Å². The monoisotopic (exact) mass is 408 g/mol. The van der Waals surface area contributed by atoms with Crippen molar-refractivity contribution in [1.82, 2.24) is 20.4 Å². The summed E-state index contributed by atoms with van der Waals surface area (Å²) in [7, 11) is 0. The zero-order valence-corrected chi connectivity index (χ0v) is 15.9. The second kappa shape index (κ2) is 8.14. The first-order valence-corrected chi connectivity index (χ1v) is 9.91. The summed E-state index contributed by atoms with van der Waals surface area (Å²) in [4.78, 5) is 18.4. The van der Waals surface area contributed by atoms with Crippen LogP contribution in [0.15, 0.2) is 28.8 Å². The van der Waals surface area contributed by atoms with Gasteiger partial charge >= 0.3 is 6.18 Å². The number of benzene rings is 1. The number of hydrogen-bond acceptors (Lipinski definition) is 5. The Labute approximate surface area is 166 Å². The first kappa shape index (κ1) is 19.9. The lowest BCUT2D eigenvalue weighted by Crippen LogP contribution is -2.51. The molecule has 0 radical (unpaired) electrons. The highest BCUT2D eigenvalue weighted by Crippen LogP contribution is 2.32. The van der Waals surface area contributed by atoms with E-state index in [-0.39, 0.29) is 23.2 Å². The van der Waals surface area contributed by atoms with Crippen LogP contribution < -0.4 is 5.32 Å². The molecule has 6 nitrogen and oxygen atoms in total. The number of amides is 1. The van der Waals surface area contributed by atoms with E-state index in [4.69, 9.17) is 4.52 Å². The highest BCUT2D eigenvalue weighted by Gasteiger charge is 2.34. The van der Waals surface area contributed by atoms with Gasteiger partial charge in [0, 0.05) is 24.7 Å². The molecule has 1 amide bonds. The summed E-state index contributed by atoms with van der Waals surface area (Å²) in [6.07, 6.45) is 1.26. The Kier molecular flexibility index (Phi) is 5.58. The lowest BCUT2D eigenvalue weighted by molar-refractivity contribution is -0.137. The lowest BCUT2D eigenvalue weighted by atomic mass is 9.95. The van der Waals surface area contributed by atoms with E-state index in [1.165, 1.54) is 31.4 Å². The molecule has 29 heavy (non-hydrogen) atoms. The molecule has 2 fully saturated rings. The summed E-state index contributed by atoms with van der Waals surface area (Å²) in [6, 6.07) is 5.15. The third kappa shape index (κ3) is 4.77. The van der Waals surface area contributed by atoms with Gasteiger partial charge in [-0.1, -0.05) is 36.6 Å². The Morgan fingerprint density at radius 3 is 2.69 bits per heavy atom. The van der Waals surface area contributed by atoms with E-state index in [0.29, 0.717) is 31.6 Å². The smallest absolute Gasteiger partial charge is 0.352 e. The molecular weight excluding hydrogens is 385 g/mol. The molecule has 1 aliphatic heterocycles. The molecule has 2 aliphatic rings. The van der Waals surface area contributed by atoms with Gasteiger partial charge < -0.3 is 9.84 Å². The fourth-order valence-corrected chi connectivity index (χ4v) is 3.93. The SMILES string of the molecule is O=C(CN1CC(c2nc(-c3cccc(C(F)(F)F)c3)no2)C1)NC1CCCCC1. The van der Waals surface area contributed by atoms with Crippen molar-refractivity contribution in [3.05, 3.63) is 35.7 Å². The molecule has 2 heterocycles. The molecule has 0 spiro atoms. The fraction of sp³-hybridized carbons (Fsp3) is 0.550. The number of carbonyl (C=O) groups excluding carboxylic acids is 1. The number of nitrogens with one attached hydrogen (secondary N) is 1. The van der Waals surface area contributed by atoms with Crippen LogP contribution in [-0.2, 0) is 11.0 Å². The van der Waals surface area contributed by atoms with Crippen molar-refractivity contribution in [2.45, 2.75) is 50.2 Å². The highest BCUT2D eigenvalue weighted by molar-refractivity contribution is 5.78. The lowest BCUT2D eigenvalue weighted by Gasteiger charge is -2.36. The van der Waals surface area contributed by atoms with Crippen molar-refractivity contribution in [2.24, 2.45) is 0 Å². The maximum Gasteiger partial charge on any atom is 0.416 e. The number of nitrogens with zero attached hydrogens (tertiary/aromatic N) is 3. The first-order chi connectivity index (χ1) is 13.9. The van der Waals surface area contributed by atoms with Gasteiger partial charge in [0.05, 0.1) is 18.0 Å². The zero-order valence-electron chi connectivity index (χ0n) is 15.9. The standard InChI is InChI=1S/C20H23F3N4O2/c21-20(22,23)15-6-4-5-13(9-15)18-25-19(29-26-18)14-10-27(11-14)12-17(28)24-16-7-2-1-3-8-16/h4-6,9,14,16H,1-3,7-8,10-12H2,(H,24,28). The predicted octanol–water partition coefficient (Wildman–Crippen LogP) is 3.60. The van der Waals surface area contributed by atoms with Gasteiger partial charge in [-0.3, -0.25) is 9.69 Å². The maximum absolute atomic E-state index is 12.9. The van der Waals surface area contributed by atoms with Crippen LogP contribution in [-0.4, -0.2) is 46.6 Å². The largest absolute Gasteiger partial charge is 0.416 e. The molecule has 1 N–H and O–H groups in total. The molecule has 0 unspecified atom stereocenters. The number of rotatable bonds is 5. The summed E-state index contributed by atoms with van der Waals surface area (Å²) in [6.45, 7) is 1.56. The minimum absolute atomic E-state index is 0.00970. The molecule has 4 rings (SSSR count). The number of likely N-dealkylation sites (tertiary alicyclic amines) is 1. The average Bonchev–Trinajstić information content (AvgIpc) is 3.14. The first-order valence-electron chi connectivity index (χ1n) is 9.91. The van der Waals surface area contributed by atoms with Crippen LogP contribution in [0.5, 0.6) is 0 Å². The molecule has 2 aromatic rings. The molecule has 0 atom stereocenters. The third-order valence-corrected chi connectivity index (χ3v) is 5.53. The van der Waals surface area contributed by atoms with Crippen LogP contribution in [0, 0.1) is 0 Å². The van der Waals surface area contributed by atoms with Crippen LogP contribution in [0.1, 0.15) is 49.5 Å². The second-order valence-corrected chi connectivity index (χ2v) is 7.83. The van der Waals surface area contributed by atoms with Gasteiger partial charge in [-0.25, -0.2) is 0 Å². The van der Waals surface area contributed by atoms with Crippen LogP contribution in [0.3, 0.4) is 0 Å². The minimum Gasteiger partial charge on any atom is -0.352 e. The molecule has 1 aliphatic carbocycles. The molecule has 1 aromatic carbocycles. The zero-order chi connectivity index (χ0) is 20.4. The van der Waals surface area contributed by atoms with Crippen molar-refractivity contribution in [2.75, 3.05) is 19.6 Å². The van der Waals surface area contributed by atoms with Gasteiger partial charge in [0.25, 0.3) is 0 Å². The van der Waals surface area contributed by atoms with Gasteiger partial charge in [-0.05, 0) is 25.0 Å².